The lowest BCUT2D eigenvalue weighted by atomic mass is 9.84. The van der Waals surface area contributed by atoms with Crippen LogP contribution in [0.5, 0.6) is 0 Å². The number of rotatable bonds is 4. The molecule has 0 fully saturated rings. The van der Waals surface area contributed by atoms with Crippen LogP contribution in [0.2, 0.25) is 0 Å². The monoisotopic (exact) mass is 264 g/mol. The fourth-order valence-electron chi connectivity index (χ4n) is 1.93. The fourth-order valence-corrected chi connectivity index (χ4v) is 1.93. The lowest BCUT2D eigenvalue weighted by Crippen LogP contribution is -2.20. The van der Waals surface area contributed by atoms with Gasteiger partial charge in [-0.15, -0.1) is 0 Å². The zero-order chi connectivity index (χ0) is 14.8. The number of carboxylic acids is 1. The smallest absolute Gasteiger partial charge is 0.332 e. The van der Waals surface area contributed by atoms with E-state index in [0.29, 0.717) is 6.61 Å². The first-order valence-electron chi connectivity index (χ1n) is 6.58. The molecule has 1 atom stereocenters. The summed E-state index contributed by atoms with van der Waals surface area (Å²) in [5, 5.41) is 8.82. The second-order valence-corrected chi connectivity index (χ2v) is 6.13. The zero-order valence-corrected chi connectivity index (χ0v) is 12.7. The third kappa shape index (κ3) is 4.06. The Morgan fingerprint density at radius 3 is 2.11 bits per heavy atom. The van der Waals surface area contributed by atoms with E-state index < -0.39 is 12.1 Å². The number of carbonyl (C=O) groups is 1. The third-order valence-electron chi connectivity index (χ3n) is 3.39. The normalized spacial score (nSPS) is 13.4. The molecule has 1 rings (SSSR count). The van der Waals surface area contributed by atoms with Gasteiger partial charge < -0.3 is 9.84 Å². The number of ether oxygens (including phenoxy) is 1. The van der Waals surface area contributed by atoms with Crippen LogP contribution in [0.1, 0.15) is 49.9 Å². The number of benzene rings is 1. The standard InChI is InChI=1S/C16H24O3/c1-10-7-13(16(4,5)6)8-11(2)14(10)9-19-12(3)15(17)18/h7-8,12H,9H2,1-6H3,(H,17,18). The lowest BCUT2D eigenvalue weighted by molar-refractivity contribution is -0.149. The Morgan fingerprint density at radius 1 is 1.26 bits per heavy atom. The molecular formula is C16H24O3. The highest BCUT2D eigenvalue weighted by Crippen LogP contribution is 2.27. The molecule has 0 saturated carbocycles. The van der Waals surface area contributed by atoms with Gasteiger partial charge in [0.15, 0.2) is 6.10 Å². The number of hydrogen-bond donors (Lipinski definition) is 1. The summed E-state index contributed by atoms with van der Waals surface area (Å²) in [6.45, 7) is 12.5. The molecule has 0 saturated heterocycles. The van der Waals surface area contributed by atoms with Gasteiger partial charge in [-0.2, -0.15) is 0 Å². The Hall–Kier alpha value is -1.35. The minimum absolute atomic E-state index is 0.114. The van der Waals surface area contributed by atoms with Gasteiger partial charge >= 0.3 is 5.97 Å². The maximum absolute atomic E-state index is 10.8. The molecule has 0 aliphatic heterocycles. The molecule has 1 aromatic rings. The number of carboxylic acid groups (broad SMARTS) is 1. The van der Waals surface area contributed by atoms with Crippen molar-refractivity contribution in [3.63, 3.8) is 0 Å². The van der Waals surface area contributed by atoms with Gasteiger partial charge in [0.2, 0.25) is 0 Å². The molecule has 1 unspecified atom stereocenters. The van der Waals surface area contributed by atoms with Gasteiger partial charge in [-0.1, -0.05) is 32.9 Å². The van der Waals surface area contributed by atoms with Crippen molar-refractivity contribution in [2.24, 2.45) is 0 Å². The fraction of sp³-hybridized carbons (Fsp3) is 0.562. The van der Waals surface area contributed by atoms with Crippen LogP contribution in [0.25, 0.3) is 0 Å². The van der Waals surface area contributed by atoms with Gasteiger partial charge in [0, 0.05) is 0 Å². The highest BCUT2D eigenvalue weighted by Gasteiger charge is 2.17. The summed E-state index contributed by atoms with van der Waals surface area (Å²) in [6, 6.07) is 4.33. The van der Waals surface area contributed by atoms with Crippen molar-refractivity contribution in [2.75, 3.05) is 0 Å². The molecular weight excluding hydrogens is 240 g/mol. The van der Waals surface area contributed by atoms with E-state index in [4.69, 9.17) is 9.84 Å². The summed E-state index contributed by atoms with van der Waals surface area (Å²) < 4.78 is 5.38. The Morgan fingerprint density at radius 2 is 1.74 bits per heavy atom. The van der Waals surface area contributed by atoms with Crippen molar-refractivity contribution in [1.29, 1.82) is 0 Å². The molecule has 1 N–H and O–H groups in total. The van der Waals surface area contributed by atoms with Crippen LogP contribution in [-0.4, -0.2) is 17.2 Å². The van der Waals surface area contributed by atoms with E-state index in [9.17, 15) is 4.79 Å². The predicted octanol–water partition coefficient (Wildman–Crippen LogP) is 3.59. The first kappa shape index (κ1) is 15.7. The summed E-state index contributed by atoms with van der Waals surface area (Å²) >= 11 is 0. The second kappa shape index (κ2) is 5.74. The first-order chi connectivity index (χ1) is 8.62. The van der Waals surface area contributed by atoms with Gasteiger partial charge in [-0.05, 0) is 48.4 Å². The van der Waals surface area contributed by atoms with Crippen LogP contribution in [0.3, 0.4) is 0 Å². The minimum Gasteiger partial charge on any atom is -0.479 e. The topological polar surface area (TPSA) is 46.5 Å². The molecule has 0 spiro atoms. The molecule has 0 bridgehead atoms. The molecule has 0 amide bonds. The Bertz CT molecular complexity index is 446. The van der Waals surface area contributed by atoms with E-state index in [1.165, 1.54) is 5.56 Å². The number of aliphatic carboxylic acids is 1. The summed E-state index contributed by atoms with van der Waals surface area (Å²) in [7, 11) is 0. The number of aryl methyl sites for hydroxylation is 2. The van der Waals surface area contributed by atoms with Crippen molar-refractivity contribution >= 4 is 5.97 Å². The van der Waals surface area contributed by atoms with Gasteiger partial charge in [0.1, 0.15) is 0 Å². The SMILES string of the molecule is Cc1cc(C(C)(C)C)cc(C)c1COC(C)C(=O)O. The molecule has 106 valence electrons. The summed E-state index contributed by atoms with van der Waals surface area (Å²) in [5.74, 6) is -0.929. The van der Waals surface area contributed by atoms with Crippen molar-refractivity contribution < 1.29 is 14.6 Å². The van der Waals surface area contributed by atoms with Gasteiger partial charge in [0.25, 0.3) is 0 Å². The molecule has 0 aliphatic rings. The van der Waals surface area contributed by atoms with E-state index in [2.05, 4.69) is 32.9 Å². The van der Waals surface area contributed by atoms with E-state index in [0.717, 1.165) is 16.7 Å². The molecule has 19 heavy (non-hydrogen) atoms. The van der Waals surface area contributed by atoms with Crippen molar-refractivity contribution in [3.8, 4) is 0 Å². The molecule has 3 nitrogen and oxygen atoms in total. The van der Waals surface area contributed by atoms with E-state index in [-0.39, 0.29) is 5.41 Å². The lowest BCUT2D eigenvalue weighted by Gasteiger charge is -2.22. The van der Waals surface area contributed by atoms with Crippen LogP contribution in [0.15, 0.2) is 12.1 Å². The quantitative estimate of drug-likeness (QED) is 0.904. The van der Waals surface area contributed by atoms with Crippen LogP contribution >= 0.6 is 0 Å². The average molecular weight is 264 g/mol. The Balaban J connectivity index is 2.95. The highest BCUT2D eigenvalue weighted by atomic mass is 16.5. The average Bonchev–Trinajstić information content (AvgIpc) is 2.25. The van der Waals surface area contributed by atoms with Gasteiger partial charge in [-0.3, -0.25) is 0 Å². The van der Waals surface area contributed by atoms with Crippen LogP contribution < -0.4 is 0 Å². The summed E-state index contributed by atoms with van der Waals surface area (Å²) in [4.78, 5) is 10.8. The molecule has 1 aromatic carbocycles. The summed E-state index contributed by atoms with van der Waals surface area (Å²) in [5.41, 5.74) is 4.80. The first-order valence-corrected chi connectivity index (χ1v) is 6.58. The van der Waals surface area contributed by atoms with Crippen LogP contribution in [0, 0.1) is 13.8 Å². The minimum atomic E-state index is -0.929. The largest absolute Gasteiger partial charge is 0.479 e. The molecule has 0 aliphatic carbocycles. The molecule has 0 heterocycles. The predicted molar refractivity (Wildman–Crippen MR) is 76.5 cm³/mol. The number of hydrogen-bond acceptors (Lipinski definition) is 2. The van der Waals surface area contributed by atoms with Gasteiger partial charge in [-0.25, -0.2) is 4.79 Å². The van der Waals surface area contributed by atoms with Crippen molar-refractivity contribution in [3.05, 3.63) is 34.4 Å². The van der Waals surface area contributed by atoms with E-state index in [1.54, 1.807) is 6.92 Å². The highest BCUT2D eigenvalue weighted by molar-refractivity contribution is 5.71. The summed E-state index contributed by atoms with van der Waals surface area (Å²) in [6.07, 6.45) is -0.777. The second-order valence-electron chi connectivity index (χ2n) is 6.13. The molecule has 0 aromatic heterocycles. The zero-order valence-electron chi connectivity index (χ0n) is 12.7. The maximum atomic E-state index is 10.8. The van der Waals surface area contributed by atoms with E-state index >= 15 is 0 Å². The Kier molecular flexibility index (Phi) is 4.75. The van der Waals surface area contributed by atoms with Crippen molar-refractivity contribution in [1.82, 2.24) is 0 Å². The Labute approximate surface area is 115 Å². The van der Waals surface area contributed by atoms with Crippen molar-refractivity contribution in [2.45, 2.75) is 59.7 Å². The van der Waals surface area contributed by atoms with Crippen LogP contribution in [0.4, 0.5) is 0 Å². The third-order valence-corrected chi connectivity index (χ3v) is 3.39. The van der Waals surface area contributed by atoms with Gasteiger partial charge in [0.05, 0.1) is 6.61 Å². The van der Waals surface area contributed by atoms with E-state index in [1.807, 2.05) is 13.8 Å². The molecule has 0 radical (unpaired) electrons. The maximum Gasteiger partial charge on any atom is 0.332 e. The van der Waals surface area contributed by atoms with Crippen LogP contribution in [-0.2, 0) is 21.6 Å². The molecule has 3 heteroatoms.